The fourth-order valence-electron chi connectivity index (χ4n) is 2.57. The number of benzene rings is 1. The summed E-state index contributed by atoms with van der Waals surface area (Å²) in [5, 5.41) is 9.42. The Morgan fingerprint density at radius 1 is 1.12 bits per heavy atom. The highest BCUT2D eigenvalue weighted by Crippen LogP contribution is 2.38. The molecule has 2 aromatic rings. The highest BCUT2D eigenvalue weighted by molar-refractivity contribution is 5.73. The second-order valence-corrected chi connectivity index (χ2v) is 6.19. The van der Waals surface area contributed by atoms with Crippen molar-refractivity contribution in [2.24, 2.45) is 0 Å². The smallest absolute Gasteiger partial charge is 0.315 e. The van der Waals surface area contributed by atoms with Gasteiger partial charge in [0, 0.05) is 18.9 Å². The average Bonchev–Trinajstić information content (AvgIpc) is 3.41. The third-order valence-corrected chi connectivity index (χ3v) is 4.09. The maximum atomic E-state index is 11.9. The molecule has 2 amide bonds. The molecule has 132 valence electrons. The van der Waals surface area contributed by atoms with E-state index < -0.39 is 0 Å². The van der Waals surface area contributed by atoms with Crippen molar-refractivity contribution in [3.63, 3.8) is 0 Å². The van der Waals surface area contributed by atoms with E-state index in [1.807, 2.05) is 18.2 Å². The van der Waals surface area contributed by atoms with E-state index in [0.717, 1.165) is 42.1 Å². The van der Waals surface area contributed by atoms with E-state index in [2.05, 4.69) is 20.8 Å². The SMILES string of the molecule is O=C(NCc1ccc2c(c1)OCCCO2)NCc1nc(C2CC2)no1. The van der Waals surface area contributed by atoms with Crippen LogP contribution in [-0.4, -0.2) is 29.4 Å². The Balaban J connectivity index is 1.26. The first-order valence-electron chi connectivity index (χ1n) is 8.50. The number of carbonyl (C=O) groups is 1. The predicted molar refractivity (Wildman–Crippen MR) is 87.4 cm³/mol. The topological polar surface area (TPSA) is 98.5 Å². The van der Waals surface area contributed by atoms with Gasteiger partial charge in [0.15, 0.2) is 17.3 Å². The van der Waals surface area contributed by atoms with Crippen LogP contribution in [0.4, 0.5) is 4.79 Å². The summed E-state index contributed by atoms with van der Waals surface area (Å²) in [6, 6.07) is 5.38. The van der Waals surface area contributed by atoms with E-state index in [0.29, 0.717) is 31.6 Å². The molecular weight excluding hydrogens is 324 g/mol. The van der Waals surface area contributed by atoms with Gasteiger partial charge in [0.1, 0.15) is 0 Å². The number of hydrogen-bond donors (Lipinski definition) is 2. The summed E-state index contributed by atoms with van der Waals surface area (Å²) in [6.07, 6.45) is 3.09. The lowest BCUT2D eigenvalue weighted by atomic mass is 10.2. The van der Waals surface area contributed by atoms with E-state index in [-0.39, 0.29) is 12.6 Å². The van der Waals surface area contributed by atoms with Gasteiger partial charge in [0.05, 0.1) is 19.8 Å². The third kappa shape index (κ3) is 4.01. The summed E-state index contributed by atoms with van der Waals surface area (Å²) in [5.74, 6) is 3.06. The van der Waals surface area contributed by atoms with Gasteiger partial charge >= 0.3 is 6.03 Å². The number of ether oxygens (including phenoxy) is 2. The Bertz CT molecular complexity index is 757. The number of nitrogens with one attached hydrogen (secondary N) is 2. The Hall–Kier alpha value is -2.77. The molecular formula is C17H20N4O4. The third-order valence-electron chi connectivity index (χ3n) is 4.09. The normalized spacial score (nSPS) is 16.2. The van der Waals surface area contributed by atoms with Gasteiger partial charge in [0.25, 0.3) is 0 Å². The van der Waals surface area contributed by atoms with Crippen molar-refractivity contribution in [1.29, 1.82) is 0 Å². The first kappa shape index (κ1) is 15.7. The Morgan fingerprint density at radius 2 is 1.92 bits per heavy atom. The number of aromatic nitrogens is 2. The van der Waals surface area contributed by atoms with Crippen LogP contribution in [0.3, 0.4) is 0 Å². The monoisotopic (exact) mass is 344 g/mol. The Morgan fingerprint density at radius 3 is 2.76 bits per heavy atom. The molecule has 8 nitrogen and oxygen atoms in total. The molecule has 0 radical (unpaired) electrons. The number of hydrogen-bond acceptors (Lipinski definition) is 6. The molecule has 1 aromatic carbocycles. The lowest BCUT2D eigenvalue weighted by Gasteiger charge is -2.10. The molecule has 1 aromatic heterocycles. The van der Waals surface area contributed by atoms with Gasteiger partial charge in [-0.3, -0.25) is 0 Å². The molecule has 1 aliphatic carbocycles. The molecule has 2 aliphatic rings. The van der Waals surface area contributed by atoms with E-state index in [1.54, 1.807) is 0 Å². The maximum Gasteiger partial charge on any atom is 0.315 e. The zero-order valence-electron chi connectivity index (χ0n) is 13.8. The van der Waals surface area contributed by atoms with Crippen LogP contribution < -0.4 is 20.1 Å². The molecule has 8 heteroatoms. The van der Waals surface area contributed by atoms with E-state index >= 15 is 0 Å². The van der Waals surface area contributed by atoms with Crippen LogP contribution in [0.25, 0.3) is 0 Å². The van der Waals surface area contributed by atoms with Crippen LogP contribution in [0.1, 0.15) is 42.5 Å². The second kappa shape index (κ2) is 7.00. The number of nitrogens with zero attached hydrogens (tertiary/aromatic N) is 2. The molecule has 0 bridgehead atoms. The van der Waals surface area contributed by atoms with Crippen molar-refractivity contribution >= 4 is 6.03 Å². The van der Waals surface area contributed by atoms with Gasteiger partial charge in [-0.25, -0.2) is 4.79 Å². The Kier molecular flexibility index (Phi) is 4.41. The summed E-state index contributed by atoms with van der Waals surface area (Å²) in [5.41, 5.74) is 0.938. The van der Waals surface area contributed by atoms with E-state index in [1.165, 1.54) is 0 Å². The Labute approximate surface area is 144 Å². The molecule has 2 N–H and O–H groups in total. The van der Waals surface area contributed by atoms with Crippen LogP contribution in [0, 0.1) is 0 Å². The summed E-state index contributed by atoms with van der Waals surface area (Å²) in [6.45, 7) is 1.90. The molecule has 0 spiro atoms. The number of urea groups is 1. The quantitative estimate of drug-likeness (QED) is 0.862. The van der Waals surface area contributed by atoms with Crippen LogP contribution >= 0.6 is 0 Å². The number of fused-ring (bicyclic) bond motifs is 1. The van der Waals surface area contributed by atoms with E-state index in [4.69, 9.17) is 14.0 Å². The zero-order chi connectivity index (χ0) is 17.1. The minimum atomic E-state index is -0.293. The van der Waals surface area contributed by atoms with Crippen LogP contribution in [0.15, 0.2) is 22.7 Å². The van der Waals surface area contributed by atoms with Crippen molar-refractivity contribution in [3.05, 3.63) is 35.5 Å². The fourth-order valence-corrected chi connectivity index (χ4v) is 2.57. The van der Waals surface area contributed by atoms with Crippen molar-refractivity contribution in [2.75, 3.05) is 13.2 Å². The number of carbonyl (C=O) groups excluding carboxylic acids is 1. The van der Waals surface area contributed by atoms with Gasteiger partial charge in [-0.2, -0.15) is 4.98 Å². The summed E-state index contributed by atoms with van der Waals surface area (Å²) in [7, 11) is 0. The molecule has 0 unspecified atom stereocenters. The van der Waals surface area contributed by atoms with Gasteiger partial charge in [-0.1, -0.05) is 11.2 Å². The standard InChI is InChI=1S/C17H20N4O4/c22-17(19-10-15-20-16(21-25-15)12-3-4-12)18-9-11-2-5-13-14(8-11)24-7-1-6-23-13/h2,5,8,12H,1,3-4,6-7,9-10H2,(H2,18,19,22). The molecule has 0 atom stereocenters. The zero-order valence-corrected chi connectivity index (χ0v) is 13.8. The molecule has 4 rings (SSSR count). The van der Waals surface area contributed by atoms with Crippen molar-refractivity contribution < 1.29 is 18.8 Å². The number of amides is 2. The first-order valence-corrected chi connectivity index (χ1v) is 8.50. The van der Waals surface area contributed by atoms with Crippen molar-refractivity contribution in [3.8, 4) is 11.5 Å². The summed E-state index contributed by atoms with van der Waals surface area (Å²) in [4.78, 5) is 16.2. The highest BCUT2D eigenvalue weighted by Gasteiger charge is 2.28. The van der Waals surface area contributed by atoms with Gasteiger partial charge < -0.3 is 24.6 Å². The molecule has 0 saturated heterocycles. The molecule has 1 saturated carbocycles. The second-order valence-electron chi connectivity index (χ2n) is 6.19. The van der Waals surface area contributed by atoms with Crippen molar-refractivity contribution in [2.45, 2.75) is 38.3 Å². The van der Waals surface area contributed by atoms with Crippen LogP contribution in [0.2, 0.25) is 0 Å². The summed E-state index contributed by atoms with van der Waals surface area (Å²) < 4.78 is 16.4. The summed E-state index contributed by atoms with van der Waals surface area (Å²) >= 11 is 0. The molecule has 25 heavy (non-hydrogen) atoms. The van der Waals surface area contributed by atoms with E-state index in [9.17, 15) is 4.79 Å². The lowest BCUT2D eigenvalue weighted by molar-refractivity contribution is 0.238. The van der Waals surface area contributed by atoms with Crippen LogP contribution in [-0.2, 0) is 13.1 Å². The molecule has 1 fully saturated rings. The lowest BCUT2D eigenvalue weighted by Crippen LogP contribution is -2.34. The fraction of sp³-hybridized carbons (Fsp3) is 0.471. The van der Waals surface area contributed by atoms with Gasteiger partial charge in [0.2, 0.25) is 5.89 Å². The minimum absolute atomic E-state index is 0.215. The first-order chi connectivity index (χ1) is 12.3. The predicted octanol–water partition coefficient (Wildman–Crippen LogP) is 2.11. The van der Waals surface area contributed by atoms with Crippen LogP contribution in [0.5, 0.6) is 11.5 Å². The number of rotatable bonds is 5. The molecule has 1 aliphatic heterocycles. The van der Waals surface area contributed by atoms with Gasteiger partial charge in [-0.15, -0.1) is 0 Å². The highest BCUT2D eigenvalue weighted by atomic mass is 16.5. The average molecular weight is 344 g/mol. The maximum absolute atomic E-state index is 11.9. The molecule has 2 heterocycles. The largest absolute Gasteiger partial charge is 0.490 e. The van der Waals surface area contributed by atoms with Crippen molar-refractivity contribution in [1.82, 2.24) is 20.8 Å². The minimum Gasteiger partial charge on any atom is -0.490 e. The van der Waals surface area contributed by atoms with Gasteiger partial charge in [-0.05, 0) is 30.5 Å².